The van der Waals surface area contributed by atoms with Crippen LogP contribution < -0.4 is 15.5 Å². The first-order valence-electron chi connectivity index (χ1n) is 7.70. The van der Waals surface area contributed by atoms with Gasteiger partial charge in [-0.3, -0.25) is 4.79 Å². The molecule has 4 nitrogen and oxygen atoms in total. The predicted octanol–water partition coefficient (Wildman–Crippen LogP) is 2.07. The van der Waals surface area contributed by atoms with Crippen LogP contribution in [0.1, 0.15) is 38.3 Å². The lowest BCUT2D eigenvalue weighted by Crippen LogP contribution is -2.44. The molecule has 2 rings (SSSR count). The van der Waals surface area contributed by atoms with E-state index in [0.29, 0.717) is 6.54 Å². The van der Waals surface area contributed by atoms with Crippen molar-refractivity contribution in [2.45, 2.75) is 45.7 Å². The number of fused-ring (bicyclic) bond motifs is 1. The van der Waals surface area contributed by atoms with Crippen molar-refractivity contribution in [1.82, 2.24) is 10.6 Å². The number of nitrogens with one attached hydrogen (secondary N) is 2. The summed E-state index contributed by atoms with van der Waals surface area (Å²) < 4.78 is 0. The molecule has 0 radical (unpaired) electrons. The fourth-order valence-electron chi connectivity index (χ4n) is 2.73. The van der Waals surface area contributed by atoms with Gasteiger partial charge in [0.25, 0.3) is 0 Å². The molecule has 1 aromatic carbocycles. The van der Waals surface area contributed by atoms with Gasteiger partial charge in [0.1, 0.15) is 0 Å². The molecule has 116 valence electrons. The average Bonchev–Trinajstić information content (AvgIpc) is 2.36. The molecule has 0 aliphatic carbocycles. The van der Waals surface area contributed by atoms with E-state index in [-0.39, 0.29) is 11.4 Å². The summed E-state index contributed by atoms with van der Waals surface area (Å²) in [5.41, 5.74) is 3.83. The lowest BCUT2D eigenvalue weighted by Gasteiger charge is -2.27. The summed E-state index contributed by atoms with van der Waals surface area (Å²) in [6.45, 7) is 8.20. The number of hydrogen-bond donors (Lipinski definition) is 2. The monoisotopic (exact) mass is 289 g/mol. The predicted molar refractivity (Wildman–Crippen MR) is 87.6 cm³/mol. The van der Waals surface area contributed by atoms with Crippen LogP contribution in [0.5, 0.6) is 0 Å². The van der Waals surface area contributed by atoms with Gasteiger partial charge in [-0.1, -0.05) is 12.1 Å². The molecule has 0 aromatic heterocycles. The molecule has 1 aliphatic rings. The van der Waals surface area contributed by atoms with Gasteiger partial charge in [-0.25, -0.2) is 0 Å². The Kier molecular flexibility index (Phi) is 4.88. The molecule has 1 aliphatic heterocycles. The van der Waals surface area contributed by atoms with Crippen LogP contribution in [0, 0.1) is 0 Å². The Morgan fingerprint density at radius 1 is 1.33 bits per heavy atom. The van der Waals surface area contributed by atoms with Gasteiger partial charge in [0, 0.05) is 31.4 Å². The number of hydrogen-bond acceptors (Lipinski definition) is 3. The van der Waals surface area contributed by atoms with E-state index in [1.165, 1.54) is 23.2 Å². The maximum atomic E-state index is 11.7. The lowest BCUT2D eigenvalue weighted by atomic mass is 9.99. The zero-order valence-corrected chi connectivity index (χ0v) is 13.6. The van der Waals surface area contributed by atoms with Gasteiger partial charge >= 0.3 is 0 Å². The second kappa shape index (κ2) is 6.48. The fourth-order valence-corrected chi connectivity index (χ4v) is 2.73. The van der Waals surface area contributed by atoms with Crippen molar-refractivity contribution >= 4 is 11.6 Å². The van der Waals surface area contributed by atoms with Crippen LogP contribution in [-0.2, 0) is 17.8 Å². The van der Waals surface area contributed by atoms with E-state index in [0.717, 1.165) is 19.5 Å². The highest BCUT2D eigenvalue weighted by Gasteiger charge is 2.14. The topological polar surface area (TPSA) is 44.4 Å². The number of anilines is 1. The van der Waals surface area contributed by atoms with Crippen molar-refractivity contribution in [2.75, 3.05) is 25.0 Å². The Bertz CT molecular complexity index is 505. The van der Waals surface area contributed by atoms with Crippen LogP contribution >= 0.6 is 0 Å². The van der Waals surface area contributed by atoms with Crippen molar-refractivity contribution in [2.24, 2.45) is 0 Å². The Labute approximate surface area is 127 Å². The maximum Gasteiger partial charge on any atom is 0.234 e. The molecule has 21 heavy (non-hydrogen) atoms. The van der Waals surface area contributed by atoms with E-state index < -0.39 is 0 Å². The van der Waals surface area contributed by atoms with Gasteiger partial charge in [-0.2, -0.15) is 0 Å². The Morgan fingerprint density at radius 2 is 2.10 bits per heavy atom. The number of rotatable bonds is 4. The van der Waals surface area contributed by atoms with E-state index in [1.807, 2.05) is 20.8 Å². The fraction of sp³-hybridized carbons (Fsp3) is 0.588. The van der Waals surface area contributed by atoms with E-state index in [2.05, 4.69) is 40.8 Å². The molecular formula is C17H27N3O. The van der Waals surface area contributed by atoms with Crippen molar-refractivity contribution in [1.29, 1.82) is 0 Å². The molecule has 0 fully saturated rings. The third-order valence-corrected chi connectivity index (χ3v) is 3.62. The highest BCUT2D eigenvalue weighted by atomic mass is 16.2. The van der Waals surface area contributed by atoms with Gasteiger partial charge in [0.15, 0.2) is 0 Å². The molecule has 1 aromatic rings. The van der Waals surface area contributed by atoms with Crippen LogP contribution in [0.2, 0.25) is 0 Å². The van der Waals surface area contributed by atoms with Crippen LogP contribution in [-0.4, -0.2) is 31.6 Å². The number of amides is 1. The van der Waals surface area contributed by atoms with Crippen molar-refractivity contribution < 1.29 is 4.79 Å². The molecule has 0 unspecified atom stereocenters. The summed E-state index contributed by atoms with van der Waals surface area (Å²) >= 11 is 0. The number of aryl methyl sites for hydroxylation is 1. The first kappa shape index (κ1) is 15.8. The smallest absolute Gasteiger partial charge is 0.234 e. The second-order valence-corrected chi connectivity index (χ2v) is 6.89. The Hall–Kier alpha value is -1.55. The minimum atomic E-state index is -0.171. The minimum absolute atomic E-state index is 0.0418. The SMILES string of the molecule is CN1CCCc2cc(CNCC(=O)NC(C)(C)C)ccc21. The van der Waals surface area contributed by atoms with Gasteiger partial charge in [0.05, 0.1) is 6.54 Å². The van der Waals surface area contributed by atoms with Gasteiger partial charge in [-0.05, 0) is 50.8 Å². The molecule has 0 saturated carbocycles. The molecule has 4 heteroatoms. The molecule has 1 heterocycles. The zero-order valence-electron chi connectivity index (χ0n) is 13.6. The molecule has 0 atom stereocenters. The largest absolute Gasteiger partial charge is 0.374 e. The van der Waals surface area contributed by atoms with Crippen LogP contribution in [0.3, 0.4) is 0 Å². The van der Waals surface area contributed by atoms with Crippen molar-refractivity contribution in [3.63, 3.8) is 0 Å². The first-order chi connectivity index (χ1) is 9.85. The van der Waals surface area contributed by atoms with Crippen LogP contribution in [0.4, 0.5) is 5.69 Å². The van der Waals surface area contributed by atoms with Gasteiger partial charge < -0.3 is 15.5 Å². The summed E-state index contributed by atoms with van der Waals surface area (Å²) in [7, 11) is 2.15. The summed E-state index contributed by atoms with van der Waals surface area (Å²) in [5, 5.41) is 6.17. The third-order valence-electron chi connectivity index (χ3n) is 3.62. The quantitative estimate of drug-likeness (QED) is 0.892. The van der Waals surface area contributed by atoms with Crippen molar-refractivity contribution in [3.8, 4) is 0 Å². The van der Waals surface area contributed by atoms with Crippen LogP contribution in [0.25, 0.3) is 0 Å². The Morgan fingerprint density at radius 3 is 2.81 bits per heavy atom. The third kappa shape index (κ3) is 4.74. The summed E-state index contributed by atoms with van der Waals surface area (Å²) in [6, 6.07) is 6.61. The molecular weight excluding hydrogens is 262 g/mol. The maximum absolute atomic E-state index is 11.7. The normalized spacial score (nSPS) is 14.8. The van der Waals surface area contributed by atoms with E-state index in [9.17, 15) is 4.79 Å². The average molecular weight is 289 g/mol. The second-order valence-electron chi connectivity index (χ2n) is 6.89. The number of nitrogens with zero attached hydrogens (tertiary/aromatic N) is 1. The number of carbonyl (C=O) groups is 1. The van der Waals surface area contributed by atoms with E-state index >= 15 is 0 Å². The Balaban J connectivity index is 1.86. The molecule has 0 spiro atoms. The summed E-state index contributed by atoms with van der Waals surface area (Å²) in [6.07, 6.45) is 2.37. The number of carbonyl (C=O) groups excluding carboxylic acids is 1. The van der Waals surface area contributed by atoms with E-state index in [1.54, 1.807) is 0 Å². The molecule has 2 N–H and O–H groups in total. The minimum Gasteiger partial charge on any atom is -0.374 e. The zero-order chi connectivity index (χ0) is 15.5. The highest BCUT2D eigenvalue weighted by Crippen LogP contribution is 2.26. The molecule has 0 bridgehead atoms. The summed E-state index contributed by atoms with van der Waals surface area (Å²) in [4.78, 5) is 14.1. The lowest BCUT2D eigenvalue weighted by molar-refractivity contribution is -0.121. The van der Waals surface area contributed by atoms with Crippen molar-refractivity contribution in [3.05, 3.63) is 29.3 Å². The van der Waals surface area contributed by atoms with E-state index in [4.69, 9.17) is 0 Å². The first-order valence-corrected chi connectivity index (χ1v) is 7.70. The summed E-state index contributed by atoms with van der Waals surface area (Å²) in [5.74, 6) is 0.0418. The molecule has 1 amide bonds. The molecule has 0 saturated heterocycles. The highest BCUT2D eigenvalue weighted by molar-refractivity contribution is 5.78. The van der Waals surface area contributed by atoms with Crippen LogP contribution in [0.15, 0.2) is 18.2 Å². The van der Waals surface area contributed by atoms with Gasteiger partial charge in [-0.15, -0.1) is 0 Å². The number of benzene rings is 1. The van der Waals surface area contributed by atoms with Gasteiger partial charge in [0.2, 0.25) is 5.91 Å². The standard InChI is InChI=1S/C17H27N3O/c1-17(2,3)19-16(21)12-18-11-13-7-8-15-14(10-13)6-5-9-20(15)4/h7-8,10,18H,5-6,9,11-12H2,1-4H3,(H,19,21).